The molecule has 0 N–H and O–H groups in total. The second kappa shape index (κ2) is 8.24. The molecule has 2 aromatic rings. The summed E-state index contributed by atoms with van der Waals surface area (Å²) in [5.41, 5.74) is 1.77. The van der Waals surface area contributed by atoms with Gasteiger partial charge in [-0.3, -0.25) is 9.59 Å². The molecule has 1 aromatic carbocycles. The first kappa shape index (κ1) is 20.2. The summed E-state index contributed by atoms with van der Waals surface area (Å²) in [6, 6.07) is 3.51. The SMILES string of the molecule is CCCN(CC(C)=O)C(=O)c1nc2c(OC(F)F)cc(C3CC3)cc2n1CC. The zero-order valence-electron chi connectivity index (χ0n) is 16.4. The Hall–Kier alpha value is -2.51. The average molecular weight is 393 g/mol. The molecule has 0 aliphatic heterocycles. The van der Waals surface area contributed by atoms with Gasteiger partial charge in [0.2, 0.25) is 0 Å². The minimum Gasteiger partial charge on any atom is -0.432 e. The zero-order chi connectivity index (χ0) is 20.4. The molecule has 1 aromatic heterocycles. The Bertz CT molecular complexity index is 890. The zero-order valence-corrected chi connectivity index (χ0v) is 16.4. The molecule has 1 heterocycles. The molecular weight excluding hydrogens is 368 g/mol. The molecule has 0 bridgehead atoms. The van der Waals surface area contributed by atoms with Crippen molar-refractivity contribution in [3.05, 3.63) is 23.5 Å². The topological polar surface area (TPSA) is 64.4 Å². The van der Waals surface area contributed by atoms with Crippen molar-refractivity contribution in [3.63, 3.8) is 0 Å². The maximum Gasteiger partial charge on any atom is 0.387 e. The maximum atomic E-state index is 13.1. The number of amides is 1. The highest BCUT2D eigenvalue weighted by molar-refractivity contribution is 5.98. The van der Waals surface area contributed by atoms with E-state index < -0.39 is 6.61 Å². The standard InChI is InChI=1S/C20H25F2N3O3/c1-4-8-24(11-12(3)26)19(27)18-23-17-15(25(18)5-2)9-14(13-6-7-13)10-16(17)28-20(21)22/h9-10,13,20H,4-8,11H2,1-3H3. The molecule has 1 aliphatic rings. The highest BCUT2D eigenvalue weighted by atomic mass is 19.3. The molecular formula is C20H25F2N3O3. The van der Waals surface area contributed by atoms with Crippen molar-refractivity contribution >= 4 is 22.7 Å². The van der Waals surface area contributed by atoms with Crippen LogP contribution in [-0.2, 0) is 11.3 Å². The van der Waals surface area contributed by atoms with Gasteiger partial charge in [0.1, 0.15) is 11.3 Å². The molecule has 0 atom stereocenters. The van der Waals surface area contributed by atoms with Gasteiger partial charge >= 0.3 is 6.61 Å². The number of halogens is 2. The Morgan fingerprint density at radius 1 is 1.32 bits per heavy atom. The van der Waals surface area contributed by atoms with Crippen LogP contribution in [0.15, 0.2) is 12.1 Å². The number of rotatable bonds is 9. The normalized spacial score (nSPS) is 13.9. The van der Waals surface area contributed by atoms with Crippen LogP contribution in [0.25, 0.3) is 11.0 Å². The van der Waals surface area contributed by atoms with Gasteiger partial charge in [-0.15, -0.1) is 0 Å². The van der Waals surface area contributed by atoms with Gasteiger partial charge in [0.05, 0.1) is 12.1 Å². The summed E-state index contributed by atoms with van der Waals surface area (Å²) in [5, 5.41) is 0. The summed E-state index contributed by atoms with van der Waals surface area (Å²) in [6.07, 6.45) is 2.71. The number of hydrogen-bond donors (Lipinski definition) is 0. The van der Waals surface area contributed by atoms with Gasteiger partial charge in [0.25, 0.3) is 5.91 Å². The monoisotopic (exact) mass is 393 g/mol. The third-order valence-electron chi connectivity index (χ3n) is 4.81. The quantitative estimate of drug-likeness (QED) is 0.647. The molecule has 1 fully saturated rings. The number of aromatic nitrogens is 2. The van der Waals surface area contributed by atoms with E-state index in [1.807, 2.05) is 19.9 Å². The van der Waals surface area contributed by atoms with Crippen molar-refractivity contribution < 1.29 is 23.1 Å². The van der Waals surface area contributed by atoms with E-state index in [1.54, 1.807) is 10.6 Å². The van der Waals surface area contributed by atoms with Crippen molar-refractivity contribution in [3.8, 4) is 5.75 Å². The second-order valence-corrected chi connectivity index (χ2v) is 7.15. The smallest absolute Gasteiger partial charge is 0.387 e. The van der Waals surface area contributed by atoms with Crippen molar-refractivity contribution in [2.24, 2.45) is 0 Å². The van der Waals surface area contributed by atoms with Crippen molar-refractivity contribution in [1.82, 2.24) is 14.5 Å². The molecule has 1 amide bonds. The highest BCUT2D eigenvalue weighted by Crippen LogP contribution is 2.43. The molecule has 28 heavy (non-hydrogen) atoms. The number of alkyl halides is 2. The van der Waals surface area contributed by atoms with E-state index in [4.69, 9.17) is 4.74 Å². The number of aryl methyl sites for hydroxylation is 1. The number of fused-ring (bicyclic) bond motifs is 1. The maximum absolute atomic E-state index is 13.1. The lowest BCUT2D eigenvalue weighted by molar-refractivity contribution is -0.117. The van der Waals surface area contributed by atoms with Crippen molar-refractivity contribution in [1.29, 1.82) is 0 Å². The number of carbonyl (C=O) groups excluding carboxylic acids is 2. The Morgan fingerprint density at radius 3 is 2.57 bits per heavy atom. The number of carbonyl (C=O) groups is 2. The average Bonchev–Trinajstić information content (AvgIpc) is 3.40. The highest BCUT2D eigenvalue weighted by Gasteiger charge is 2.29. The lowest BCUT2D eigenvalue weighted by Crippen LogP contribution is -2.37. The van der Waals surface area contributed by atoms with Gasteiger partial charge in [0.15, 0.2) is 11.6 Å². The number of imidazole rings is 1. The molecule has 152 valence electrons. The molecule has 0 unspecified atom stereocenters. The molecule has 8 heteroatoms. The second-order valence-electron chi connectivity index (χ2n) is 7.15. The Balaban J connectivity index is 2.11. The fourth-order valence-electron chi connectivity index (χ4n) is 3.47. The van der Waals surface area contributed by atoms with Crippen molar-refractivity contribution in [2.45, 2.75) is 59.1 Å². The summed E-state index contributed by atoms with van der Waals surface area (Å²) in [6.45, 7) is 3.09. The van der Waals surface area contributed by atoms with Crippen LogP contribution in [0.3, 0.4) is 0 Å². The first-order valence-electron chi connectivity index (χ1n) is 9.63. The van der Waals surface area contributed by atoms with E-state index in [2.05, 4.69) is 4.98 Å². The summed E-state index contributed by atoms with van der Waals surface area (Å²) in [4.78, 5) is 30.5. The van der Waals surface area contributed by atoms with Gasteiger partial charge < -0.3 is 14.2 Å². The summed E-state index contributed by atoms with van der Waals surface area (Å²) >= 11 is 0. The van der Waals surface area contributed by atoms with Crippen LogP contribution in [0.2, 0.25) is 0 Å². The van der Waals surface area contributed by atoms with Crippen LogP contribution in [0.4, 0.5) is 8.78 Å². The predicted molar refractivity (Wildman–Crippen MR) is 101 cm³/mol. The van der Waals surface area contributed by atoms with Gasteiger partial charge in [-0.25, -0.2) is 4.98 Å². The van der Waals surface area contributed by atoms with Crippen molar-refractivity contribution in [2.75, 3.05) is 13.1 Å². The Kier molecular flexibility index (Phi) is 5.96. The van der Waals surface area contributed by atoms with Crippen LogP contribution in [0, 0.1) is 0 Å². The first-order chi connectivity index (χ1) is 13.3. The van der Waals surface area contributed by atoms with Gasteiger partial charge in [-0.1, -0.05) is 6.92 Å². The minimum absolute atomic E-state index is 0.00664. The lowest BCUT2D eigenvalue weighted by atomic mass is 10.1. The number of nitrogens with zero attached hydrogens (tertiary/aromatic N) is 3. The van der Waals surface area contributed by atoms with E-state index in [-0.39, 0.29) is 35.3 Å². The molecule has 0 saturated heterocycles. The van der Waals surface area contributed by atoms with Gasteiger partial charge in [-0.2, -0.15) is 8.78 Å². The largest absolute Gasteiger partial charge is 0.432 e. The van der Waals surface area contributed by atoms with E-state index in [0.29, 0.717) is 30.9 Å². The van der Waals surface area contributed by atoms with Crippen LogP contribution in [-0.4, -0.2) is 45.8 Å². The van der Waals surface area contributed by atoms with Gasteiger partial charge in [0, 0.05) is 13.1 Å². The Morgan fingerprint density at radius 2 is 2.04 bits per heavy atom. The minimum atomic E-state index is -2.97. The molecule has 1 saturated carbocycles. The van der Waals surface area contributed by atoms with Crippen LogP contribution < -0.4 is 4.74 Å². The van der Waals surface area contributed by atoms with E-state index in [0.717, 1.165) is 18.4 Å². The third kappa shape index (κ3) is 4.15. The summed E-state index contributed by atoms with van der Waals surface area (Å²) in [7, 11) is 0. The predicted octanol–water partition coefficient (Wildman–Crippen LogP) is 3.98. The van der Waals surface area contributed by atoms with E-state index in [9.17, 15) is 18.4 Å². The lowest BCUT2D eigenvalue weighted by Gasteiger charge is -2.20. The molecule has 0 radical (unpaired) electrons. The van der Waals surface area contributed by atoms with E-state index >= 15 is 0 Å². The van der Waals surface area contributed by atoms with Crippen LogP contribution in [0.5, 0.6) is 5.75 Å². The fraction of sp³-hybridized carbons (Fsp3) is 0.550. The number of ketones is 1. The Labute approximate surface area is 162 Å². The van der Waals surface area contributed by atoms with Crippen LogP contribution >= 0.6 is 0 Å². The number of benzene rings is 1. The summed E-state index contributed by atoms with van der Waals surface area (Å²) in [5.74, 6) is -0.0497. The third-order valence-corrected chi connectivity index (χ3v) is 4.81. The summed E-state index contributed by atoms with van der Waals surface area (Å²) < 4.78 is 32.3. The molecule has 6 nitrogen and oxygen atoms in total. The van der Waals surface area contributed by atoms with Crippen LogP contribution in [0.1, 0.15) is 62.1 Å². The first-order valence-corrected chi connectivity index (χ1v) is 9.63. The van der Waals surface area contributed by atoms with E-state index in [1.165, 1.54) is 11.8 Å². The fourth-order valence-corrected chi connectivity index (χ4v) is 3.47. The molecule has 1 aliphatic carbocycles. The number of Topliss-reactive ketones (excluding diaryl/α,β-unsaturated/α-hetero) is 1. The molecule has 3 rings (SSSR count). The van der Waals surface area contributed by atoms with Gasteiger partial charge in [-0.05, 0) is 56.7 Å². The number of ether oxygens (including phenoxy) is 1. The molecule has 0 spiro atoms. The number of hydrogen-bond acceptors (Lipinski definition) is 4.